The molecule has 0 aromatic heterocycles. The quantitative estimate of drug-likeness (QED) is 0.302. The second-order valence-corrected chi connectivity index (χ2v) is 4.80. The summed E-state index contributed by atoms with van der Waals surface area (Å²) in [5, 5.41) is 22.2. The molecule has 0 saturated heterocycles. The van der Waals surface area contributed by atoms with Gasteiger partial charge >= 0.3 is 59.1 Å². The summed E-state index contributed by atoms with van der Waals surface area (Å²) in [6.07, 6.45) is -0.500. The van der Waals surface area contributed by atoms with Crippen LogP contribution in [0.3, 0.4) is 0 Å². The Labute approximate surface area is 162 Å². The molecule has 0 aromatic rings. The molecule has 0 radical (unpaired) electrons. The molecule has 0 aliphatic carbocycles. The molecule has 0 spiro atoms. The molecule has 0 aliphatic heterocycles. The van der Waals surface area contributed by atoms with Crippen LogP contribution in [-0.2, 0) is 19.7 Å². The van der Waals surface area contributed by atoms with Crippen molar-refractivity contribution in [2.45, 2.75) is 18.9 Å². The third-order valence-corrected chi connectivity index (χ3v) is 2.29. The standard InChI is InChI=1S/C5H9NO4.C3H9NO3S.2Na/c6-3(5(9)10)1-2-4(7)8;1-4-2-3-8(5,6)7;;/h3H,1-2,6H2,(H,7,8)(H,9,10);4H,2-3H2,1H3,(H,5,6,7);;/q;;2*+1/p-2/t3-;;;/m0.../s1. The summed E-state index contributed by atoms with van der Waals surface area (Å²) in [7, 11) is -2.13. The Kier molecular flexibility index (Phi) is 23.3. The van der Waals surface area contributed by atoms with Crippen LogP contribution in [0.4, 0.5) is 0 Å². The Morgan fingerprint density at radius 1 is 1.30 bits per heavy atom. The number of rotatable bonds is 7. The smallest absolute Gasteiger partial charge is 0.550 e. The average Bonchev–Trinajstić information content (AvgIpc) is 2.22. The normalized spacial score (nSPS) is 10.9. The van der Waals surface area contributed by atoms with Gasteiger partial charge in [-0.25, -0.2) is 0 Å². The summed E-state index contributed by atoms with van der Waals surface area (Å²) in [6.45, 7) is 0.291. The largest absolute Gasteiger partial charge is 1.00 e. The van der Waals surface area contributed by atoms with Crippen LogP contribution in [-0.4, -0.2) is 50.3 Å². The fourth-order valence-electron chi connectivity index (χ4n) is 0.622. The van der Waals surface area contributed by atoms with Gasteiger partial charge in [-0.15, -0.1) is 0 Å². The van der Waals surface area contributed by atoms with Gasteiger partial charge in [0, 0.05) is 18.6 Å². The number of nitrogens with two attached hydrogens (primary N) is 1. The minimum absolute atomic E-state index is 0. The summed E-state index contributed by atoms with van der Waals surface area (Å²) in [5.41, 5.74) is 4.91. The Balaban J connectivity index is -0.000000119. The molecule has 0 bridgehead atoms. The fraction of sp³-hybridized carbons (Fsp3) is 0.750. The Morgan fingerprint density at radius 2 is 1.75 bits per heavy atom. The van der Waals surface area contributed by atoms with Gasteiger partial charge in [0.1, 0.15) is 0 Å². The maximum Gasteiger partial charge on any atom is 1.00 e. The van der Waals surface area contributed by atoms with E-state index in [0.717, 1.165) is 0 Å². The number of carbonyl (C=O) groups excluding carboxylic acids is 2. The van der Waals surface area contributed by atoms with Gasteiger partial charge in [0.05, 0.1) is 11.7 Å². The fourth-order valence-corrected chi connectivity index (χ4v) is 1.08. The van der Waals surface area contributed by atoms with Crippen molar-refractivity contribution in [1.82, 2.24) is 5.32 Å². The minimum Gasteiger partial charge on any atom is -0.550 e. The Bertz CT molecular complexity index is 364. The second-order valence-electron chi connectivity index (χ2n) is 3.23. The third kappa shape index (κ3) is 27.2. The van der Waals surface area contributed by atoms with Crippen LogP contribution in [0.5, 0.6) is 0 Å². The molecule has 0 amide bonds. The molecular weight excluding hydrogens is 314 g/mol. The molecule has 0 aromatic carbocycles. The zero-order chi connectivity index (χ0) is 14.8. The first-order valence-corrected chi connectivity index (χ1v) is 6.47. The second kappa shape index (κ2) is 16.1. The molecular formula is C8H16N2Na2O7S. The van der Waals surface area contributed by atoms with Crippen LogP contribution in [0, 0.1) is 0 Å². The summed E-state index contributed by atoms with van der Waals surface area (Å²) in [4.78, 5) is 19.6. The Morgan fingerprint density at radius 3 is 1.95 bits per heavy atom. The van der Waals surface area contributed by atoms with E-state index in [0.29, 0.717) is 6.54 Å². The molecule has 20 heavy (non-hydrogen) atoms. The van der Waals surface area contributed by atoms with E-state index in [1.54, 1.807) is 7.05 Å². The van der Waals surface area contributed by atoms with Crippen molar-refractivity contribution in [2.24, 2.45) is 5.73 Å². The van der Waals surface area contributed by atoms with E-state index in [1.807, 2.05) is 0 Å². The van der Waals surface area contributed by atoms with Gasteiger partial charge in [-0.05, 0) is 19.9 Å². The number of aliphatic carboxylic acids is 2. The number of carbonyl (C=O) groups is 2. The van der Waals surface area contributed by atoms with Gasteiger partial charge < -0.3 is 30.9 Å². The molecule has 9 nitrogen and oxygen atoms in total. The molecule has 0 aliphatic rings. The predicted molar refractivity (Wildman–Crippen MR) is 57.6 cm³/mol. The SMILES string of the molecule is CNCCS(=O)(=O)O.N[C@@H](CCC(=O)[O-])C(=O)[O-].[Na+].[Na+]. The van der Waals surface area contributed by atoms with Crippen molar-refractivity contribution in [2.75, 3.05) is 19.3 Å². The van der Waals surface area contributed by atoms with E-state index in [1.165, 1.54) is 0 Å². The first-order valence-electron chi connectivity index (χ1n) is 4.86. The maximum absolute atomic E-state index is 9.91. The predicted octanol–water partition coefficient (Wildman–Crippen LogP) is -10.3. The van der Waals surface area contributed by atoms with Crippen LogP contribution in [0.1, 0.15) is 12.8 Å². The zero-order valence-corrected chi connectivity index (χ0v) is 16.6. The molecule has 4 N–H and O–H groups in total. The third-order valence-electron chi connectivity index (χ3n) is 1.57. The topological polar surface area (TPSA) is 173 Å². The van der Waals surface area contributed by atoms with Crippen LogP contribution >= 0.6 is 0 Å². The van der Waals surface area contributed by atoms with Crippen LogP contribution < -0.4 is 80.4 Å². The maximum atomic E-state index is 9.91. The molecule has 0 heterocycles. The van der Waals surface area contributed by atoms with Gasteiger partial charge in [0.2, 0.25) is 0 Å². The van der Waals surface area contributed by atoms with E-state index in [-0.39, 0.29) is 77.7 Å². The van der Waals surface area contributed by atoms with Crippen molar-refractivity contribution in [3.05, 3.63) is 0 Å². The first-order chi connectivity index (χ1) is 8.10. The van der Waals surface area contributed by atoms with E-state index in [4.69, 9.17) is 10.3 Å². The van der Waals surface area contributed by atoms with Crippen molar-refractivity contribution >= 4 is 22.1 Å². The number of carboxylic acids is 2. The first kappa shape index (κ1) is 28.9. The van der Waals surface area contributed by atoms with Crippen molar-refractivity contribution in [1.29, 1.82) is 0 Å². The summed E-state index contributed by atoms with van der Waals surface area (Å²) in [5.74, 6) is -2.97. The van der Waals surface area contributed by atoms with Crippen molar-refractivity contribution in [3.63, 3.8) is 0 Å². The van der Waals surface area contributed by atoms with Crippen LogP contribution in [0.2, 0.25) is 0 Å². The van der Waals surface area contributed by atoms with Gasteiger partial charge in [0.15, 0.2) is 0 Å². The molecule has 108 valence electrons. The summed E-state index contributed by atoms with van der Waals surface area (Å²) in [6, 6.07) is -1.21. The van der Waals surface area contributed by atoms with Gasteiger partial charge in [0.25, 0.3) is 10.1 Å². The molecule has 0 rings (SSSR count). The van der Waals surface area contributed by atoms with E-state index in [2.05, 4.69) is 5.32 Å². The minimum atomic E-state index is -3.75. The average molecular weight is 330 g/mol. The zero-order valence-electron chi connectivity index (χ0n) is 11.8. The molecule has 0 unspecified atom stereocenters. The monoisotopic (exact) mass is 330 g/mol. The summed E-state index contributed by atoms with van der Waals surface area (Å²) < 4.78 is 27.9. The van der Waals surface area contributed by atoms with E-state index < -0.39 is 28.1 Å². The van der Waals surface area contributed by atoms with Gasteiger partial charge in [-0.3, -0.25) is 4.55 Å². The van der Waals surface area contributed by atoms with E-state index >= 15 is 0 Å². The van der Waals surface area contributed by atoms with Crippen molar-refractivity contribution in [3.8, 4) is 0 Å². The molecule has 0 saturated carbocycles. The molecule has 0 fully saturated rings. The number of nitrogens with one attached hydrogen (secondary N) is 1. The molecule has 1 atom stereocenters. The van der Waals surface area contributed by atoms with Crippen LogP contribution in [0.15, 0.2) is 0 Å². The van der Waals surface area contributed by atoms with Gasteiger partial charge in [-0.2, -0.15) is 8.42 Å². The molecule has 12 heteroatoms. The van der Waals surface area contributed by atoms with Crippen molar-refractivity contribution < 1.29 is 91.9 Å². The van der Waals surface area contributed by atoms with Gasteiger partial charge in [-0.1, -0.05) is 0 Å². The van der Waals surface area contributed by atoms with Crippen LogP contribution in [0.25, 0.3) is 0 Å². The van der Waals surface area contributed by atoms with E-state index in [9.17, 15) is 28.2 Å². The number of hydrogen-bond acceptors (Lipinski definition) is 8. The Hall–Kier alpha value is 0.770. The summed E-state index contributed by atoms with van der Waals surface area (Å²) >= 11 is 0. The number of hydrogen-bond donors (Lipinski definition) is 3. The number of carboxylic acid groups (broad SMARTS) is 2.